The monoisotopic (exact) mass is 628 g/mol. The summed E-state index contributed by atoms with van der Waals surface area (Å²) in [7, 11) is 0. The molecule has 7 nitrogen and oxygen atoms in total. The fourth-order valence-electron chi connectivity index (χ4n) is 6.14. The zero-order chi connectivity index (χ0) is 31.2. The number of carbonyl (C=O) groups excluding carboxylic acids is 2. The van der Waals surface area contributed by atoms with Crippen molar-refractivity contribution in [3.05, 3.63) is 99.3 Å². The van der Waals surface area contributed by atoms with Gasteiger partial charge in [-0.25, -0.2) is 4.98 Å². The Labute approximate surface area is 264 Å². The first-order chi connectivity index (χ1) is 21.0. The molecule has 1 fully saturated rings. The first-order valence-corrected chi connectivity index (χ1v) is 15.9. The quantitative estimate of drug-likeness (QED) is 0.165. The standard InChI is InChI=1S/C35H33ClN2O5S/c1-34(2,3)32(40)29-24(19-35(33(41)42)15-6-7-16-35)30(31(39)21-10-12-22(36)13-11-21)38-17-14-23(18-26(29)38)43-20-28-37-25-8-4-5-9-27(25)44-28/h4-5,8-14,17-18H,6-7,15-16,19-20H2,1-3H3,(H,41,42). The summed E-state index contributed by atoms with van der Waals surface area (Å²) in [5, 5.41) is 11.7. The number of benzene rings is 2. The summed E-state index contributed by atoms with van der Waals surface area (Å²) < 4.78 is 8.97. The third kappa shape index (κ3) is 5.53. The van der Waals surface area contributed by atoms with Gasteiger partial charge >= 0.3 is 5.97 Å². The number of Topliss-reactive ketones (excluding diaryl/α,β-unsaturated/α-hetero) is 1. The fraction of sp³-hybridized carbons (Fsp3) is 0.314. The predicted molar refractivity (Wildman–Crippen MR) is 172 cm³/mol. The number of rotatable bonds is 9. The molecular formula is C35H33ClN2O5S. The highest BCUT2D eigenvalue weighted by molar-refractivity contribution is 7.18. The number of carbonyl (C=O) groups is 3. The van der Waals surface area contributed by atoms with E-state index in [4.69, 9.17) is 16.3 Å². The highest BCUT2D eigenvalue weighted by Crippen LogP contribution is 2.45. The number of para-hydroxylation sites is 1. The Morgan fingerprint density at radius 1 is 1.05 bits per heavy atom. The molecule has 3 heterocycles. The van der Waals surface area contributed by atoms with Crippen molar-refractivity contribution < 1.29 is 24.2 Å². The Morgan fingerprint density at radius 2 is 1.75 bits per heavy atom. The van der Waals surface area contributed by atoms with Crippen LogP contribution in [-0.2, 0) is 17.8 Å². The van der Waals surface area contributed by atoms with Crippen LogP contribution in [0.25, 0.3) is 15.7 Å². The number of nitrogens with zero attached hydrogens (tertiary/aromatic N) is 2. The normalized spacial score (nSPS) is 14.7. The lowest BCUT2D eigenvalue weighted by Gasteiger charge is -2.25. The lowest BCUT2D eigenvalue weighted by Crippen LogP contribution is -2.32. The van der Waals surface area contributed by atoms with Crippen LogP contribution in [0.3, 0.4) is 0 Å². The molecule has 2 aromatic carbocycles. The van der Waals surface area contributed by atoms with Crippen LogP contribution in [-0.4, -0.2) is 32.0 Å². The number of carboxylic acid groups (broad SMARTS) is 1. The van der Waals surface area contributed by atoms with Gasteiger partial charge in [-0.3, -0.25) is 14.4 Å². The summed E-state index contributed by atoms with van der Waals surface area (Å²) in [6.07, 6.45) is 4.36. The first kappa shape index (κ1) is 30.0. The van der Waals surface area contributed by atoms with Crippen molar-refractivity contribution in [1.29, 1.82) is 0 Å². The number of thiazole rings is 1. The van der Waals surface area contributed by atoms with E-state index in [2.05, 4.69) is 4.98 Å². The number of ketones is 2. The lowest BCUT2D eigenvalue weighted by atomic mass is 9.76. The molecule has 1 aliphatic rings. The minimum absolute atomic E-state index is 0.0811. The summed E-state index contributed by atoms with van der Waals surface area (Å²) in [6, 6.07) is 18.0. The number of ether oxygens (including phenoxy) is 1. The maximum Gasteiger partial charge on any atom is 0.309 e. The molecule has 0 aliphatic heterocycles. The summed E-state index contributed by atoms with van der Waals surface area (Å²) >= 11 is 7.68. The average molecular weight is 629 g/mol. The number of aliphatic carboxylic acids is 1. The van der Waals surface area contributed by atoms with Crippen LogP contribution in [0.5, 0.6) is 5.75 Å². The second kappa shape index (κ2) is 11.5. The van der Waals surface area contributed by atoms with Gasteiger partial charge < -0.3 is 14.2 Å². The molecule has 0 amide bonds. The van der Waals surface area contributed by atoms with E-state index in [9.17, 15) is 19.5 Å². The Kier molecular flexibility index (Phi) is 7.84. The van der Waals surface area contributed by atoms with Gasteiger partial charge in [0.2, 0.25) is 5.78 Å². The van der Waals surface area contributed by atoms with Crippen LogP contribution in [0.1, 0.15) is 83.4 Å². The molecule has 9 heteroatoms. The number of aromatic nitrogens is 2. The average Bonchev–Trinajstić information content (AvgIpc) is 3.71. The first-order valence-electron chi connectivity index (χ1n) is 14.7. The van der Waals surface area contributed by atoms with Crippen LogP contribution in [0.15, 0.2) is 66.9 Å². The molecular weight excluding hydrogens is 596 g/mol. The predicted octanol–water partition coefficient (Wildman–Crippen LogP) is 8.43. The number of halogens is 1. The van der Waals surface area contributed by atoms with Crippen molar-refractivity contribution in [3.8, 4) is 5.75 Å². The Morgan fingerprint density at radius 3 is 2.41 bits per heavy atom. The molecule has 0 saturated heterocycles. The van der Waals surface area contributed by atoms with E-state index in [1.165, 1.54) is 0 Å². The topological polar surface area (TPSA) is 98.0 Å². The molecule has 0 radical (unpaired) electrons. The van der Waals surface area contributed by atoms with Crippen molar-refractivity contribution >= 4 is 56.2 Å². The van der Waals surface area contributed by atoms with Crippen LogP contribution < -0.4 is 4.74 Å². The van der Waals surface area contributed by atoms with E-state index >= 15 is 0 Å². The molecule has 1 aliphatic carbocycles. The van der Waals surface area contributed by atoms with E-state index in [0.717, 1.165) is 28.1 Å². The molecule has 6 rings (SSSR count). The Hall–Kier alpha value is -4.01. The van der Waals surface area contributed by atoms with Crippen molar-refractivity contribution in [1.82, 2.24) is 9.38 Å². The zero-order valence-electron chi connectivity index (χ0n) is 24.9. The van der Waals surface area contributed by atoms with Crippen molar-refractivity contribution in [3.63, 3.8) is 0 Å². The van der Waals surface area contributed by atoms with Gasteiger partial charge in [-0.1, -0.05) is 57.3 Å². The molecule has 3 aromatic heterocycles. The van der Waals surface area contributed by atoms with Crippen LogP contribution in [0.2, 0.25) is 5.02 Å². The SMILES string of the molecule is CC(C)(C)C(=O)c1c(CC2(C(=O)O)CCCC2)c(C(=O)c2ccc(Cl)cc2)n2ccc(OCc3nc4ccccc4s3)cc12. The minimum Gasteiger partial charge on any atom is -0.486 e. The molecule has 0 spiro atoms. The molecule has 0 unspecified atom stereocenters. The van der Waals surface area contributed by atoms with Gasteiger partial charge in [-0.05, 0) is 67.3 Å². The van der Waals surface area contributed by atoms with Crippen molar-refractivity contribution in [2.75, 3.05) is 0 Å². The van der Waals surface area contributed by atoms with E-state index in [1.54, 1.807) is 58.3 Å². The largest absolute Gasteiger partial charge is 0.486 e. The number of fused-ring (bicyclic) bond motifs is 2. The highest BCUT2D eigenvalue weighted by Gasteiger charge is 2.44. The van der Waals surface area contributed by atoms with Crippen LogP contribution in [0, 0.1) is 10.8 Å². The maximum atomic E-state index is 14.2. The number of hydrogen-bond donors (Lipinski definition) is 1. The fourth-order valence-corrected chi connectivity index (χ4v) is 7.15. The van der Waals surface area contributed by atoms with Gasteiger partial charge in [0.05, 0.1) is 26.8 Å². The van der Waals surface area contributed by atoms with Gasteiger partial charge in [0.15, 0.2) is 5.78 Å². The molecule has 1 saturated carbocycles. The third-order valence-electron chi connectivity index (χ3n) is 8.47. The molecule has 226 valence electrons. The Bertz CT molecular complexity index is 1880. The van der Waals surface area contributed by atoms with Gasteiger partial charge in [-0.2, -0.15) is 0 Å². The third-order valence-corrected chi connectivity index (χ3v) is 9.73. The molecule has 0 bridgehead atoms. The molecule has 0 atom stereocenters. The summed E-state index contributed by atoms with van der Waals surface area (Å²) in [5.74, 6) is -0.851. The van der Waals surface area contributed by atoms with E-state index < -0.39 is 16.8 Å². The number of pyridine rings is 1. The van der Waals surface area contributed by atoms with Crippen molar-refractivity contribution in [2.45, 2.75) is 59.5 Å². The minimum atomic E-state index is -1.06. The van der Waals surface area contributed by atoms with Crippen LogP contribution in [0.4, 0.5) is 0 Å². The molecule has 5 aromatic rings. The van der Waals surface area contributed by atoms with Gasteiger partial charge in [-0.15, -0.1) is 11.3 Å². The molecule has 44 heavy (non-hydrogen) atoms. The number of carboxylic acids is 1. The van der Waals surface area contributed by atoms with Gasteiger partial charge in [0, 0.05) is 33.8 Å². The van der Waals surface area contributed by atoms with E-state index in [0.29, 0.717) is 51.5 Å². The summed E-state index contributed by atoms with van der Waals surface area (Å²) in [6.45, 7) is 5.74. The maximum absolute atomic E-state index is 14.2. The van der Waals surface area contributed by atoms with Gasteiger partial charge in [0.25, 0.3) is 0 Å². The van der Waals surface area contributed by atoms with Gasteiger partial charge in [0.1, 0.15) is 17.4 Å². The molecule has 1 N–H and O–H groups in total. The second-order valence-corrected chi connectivity index (χ2v) is 14.1. The smallest absolute Gasteiger partial charge is 0.309 e. The highest BCUT2D eigenvalue weighted by atomic mass is 35.5. The van der Waals surface area contributed by atoms with E-state index in [-0.39, 0.29) is 24.6 Å². The number of hydrogen-bond acceptors (Lipinski definition) is 6. The lowest BCUT2D eigenvalue weighted by molar-refractivity contribution is -0.148. The van der Waals surface area contributed by atoms with Crippen molar-refractivity contribution in [2.24, 2.45) is 10.8 Å². The summed E-state index contributed by atoms with van der Waals surface area (Å²) in [5.41, 5.74) is 1.10. The zero-order valence-corrected chi connectivity index (χ0v) is 26.4. The second-order valence-electron chi connectivity index (χ2n) is 12.6. The van der Waals surface area contributed by atoms with E-state index in [1.807, 2.05) is 45.0 Å². The van der Waals surface area contributed by atoms with Crippen LogP contribution >= 0.6 is 22.9 Å². The Balaban J connectivity index is 1.52. The summed E-state index contributed by atoms with van der Waals surface area (Å²) in [4.78, 5) is 45.9.